The molecule has 0 bridgehead atoms. The van der Waals surface area contributed by atoms with Gasteiger partial charge < -0.3 is 5.32 Å². The first-order valence-corrected chi connectivity index (χ1v) is 6.43. The smallest absolute Gasteiger partial charge is 0.317 e. The Bertz CT molecular complexity index is 246. The van der Waals surface area contributed by atoms with E-state index in [4.69, 9.17) is 0 Å². The highest BCUT2D eigenvalue weighted by Gasteiger charge is 2.26. The van der Waals surface area contributed by atoms with Crippen molar-refractivity contribution >= 4 is 0 Å². The first kappa shape index (κ1) is 14.6. The van der Waals surface area contributed by atoms with Crippen LogP contribution in [0.1, 0.15) is 51.4 Å². The van der Waals surface area contributed by atoms with Gasteiger partial charge in [0.05, 0.1) is 0 Å². The number of hydrogen-bond donors (Lipinski definition) is 1. The maximum Gasteiger partial charge on any atom is 0.389 e. The molecular weight excluding hydrogens is 227 g/mol. The van der Waals surface area contributed by atoms with Crippen molar-refractivity contribution in [3.8, 4) is 0 Å². The Kier molecular flexibility index (Phi) is 6.03. The van der Waals surface area contributed by atoms with Gasteiger partial charge in [0.1, 0.15) is 0 Å². The number of alkyl halides is 3. The van der Waals surface area contributed by atoms with Gasteiger partial charge in [0, 0.05) is 12.5 Å². The third kappa shape index (κ3) is 6.71. The van der Waals surface area contributed by atoms with E-state index >= 15 is 0 Å². The summed E-state index contributed by atoms with van der Waals surface area (Å²) in [4.78, 5) is 0. The zero-order chi connectivity index (χ0) is 12.7. The number of nitrogens with one attached hydrogen (secondary N) is 1. The van der Waals surface area contributed by atoms with Crippen LogP contribution in [0.25, 0.3) is 0 Å². The van der Waals surface area contributed by atoms with E-state index in [-0.39, 0.29) is 12.5 Å². The fourth-order valence-corrected chi connectivity index (χ4v) is 2.30. The second-order valence-electron chi connectivity index (χ2n) is 4.81. The van der Waals surface area contributed by atoms with Gasteiger partial charge in [0.2, 0.25) is 0 Å². The Balaban J connectivity index is 2.26. The average Bonchev–Trinajstić information content (AvgIpc) is 2.27. The molecule has 0 fully saturated rings. The van der Waals surface area contributed by atoms with Crippen molar-refractivity contribution in [1.82, 2.24) is 5.32 Å². The fourth-order valence-electron chi connectivity index (χ4n) is 2.30. The van der Waals surface area contributed by atoms with Crippen LogP contribution in [0.15, 0.2) is 11.6 Å². The summed E-state index contributed by atoms with van der Waals surface area (Å²) in [6.07, 6.45) is 4.06. The van der Waals surface area contributed by atoms with Crippen molar-refractivity contribution in [2.75, 3.05) is 7.05 Å². The molecule has 0 spiro atoms. The lowest BCUT2D eigenvalue weighted by atomic mass is 9.92. The predicted octanol–water partition coefficient (Wildman–Crippen LogP) is 4.20. The molecule has 17 heavy (non-hydrogen) atoms. The number of hydrogen-bond acceptors (Lipinski definition) is 1. The van der Waals surface area contributed by atoms with Crippen LogP contribution >= 0.6 is 0 Å². The van der Waals surface area contributed by atoms with Crippen molar-refractivity contribution in [3.63, 3.8) is 0 Å². The first-order valence-electron chi connectivity index (χ1n) is 6.43. The van der Waals surface area contributed by atoms with Gasteiger partial charge >= 0.3 is 6.18 Å². The number of allylic oxidation sites excluding steroid dienone is 1. The summed E-state index contributed by atoms with van der Waals surface area (Å²) in [7, 11) is 1.83. The third-order valence-corrected chi connectivity index (χ3v) is 3.31. The quantitative estimate of drug-likeness (QED) is 0.696. The summed E-state index contributed by atoms with van der Waals surface area (Å²) in [5.74, 6) is 0. The topological polar surface area (TPSA) is 12.0 Å². The lowest BCUT2D eigenvalue weighted by Gasteiger charge is -2.20. The standard InChI is InChI=1S/C13H22F3N/c1-17-12(8-5-9-13(14,15)16)10-11-6-3-2-4-7-11/h6,12,17H,2-5,7-10H2,1H3. The average molecular weight is 249 g/mol. The van der Waals surface area contributed by atoms with Crippen molar-refractivity contribution in [2.45, 2.75) is 63.6 Å². The van der Waals surface area contributed by atoms with Crippen LogP contribution < -0.4 is 5.32 Å². The van der Waals surface area contributed by atoms with E-state index in [9.17, 15) is 13.2 Å². The van der Waals surface area contributed by atoms with E-state index in [0.717, 1.165) is 19.3 Å². The van der Waals surface area contributed by atoms with E-state index in [1.54, 1.807) is 0 Å². The minimum Gasteiger partial charge on any atom is -0.317 e. The zero-order valence-electron chi connectivity index (χ0n) is 10.4. The van der Waals surface area contributed by atoms with E-state index in [2.05, 4.69) is 11.4 Å². The van der Waals surface area contributed by atoms with Crippen LogP contribution in [0.2, 0.25) is 0 Å². The van der Waals surface area contributed by atoms with Gasteiger partial charge in [-0.25, -0.2) is 0 Å². The van der Waals surface area contributed by atoms with Gasteiger partial charge in [-0.2, -0.15) is 13.2 Å². The predicted molar refractivity (Wildman–Crippen MR) is 63.9 cm³/mol. The van der Waals surface area contributed by atoms with E-state index in [0.29, 0.717) is 6.42 Å². The van der Waals surface area contributed by atoms with Crippen LogP contribution in [-0.2, 0) is 0 Å². The van der Waals surface area contributed by atoms with Crippen molar-refractivity contribution in [3.05, 3.63) is 11.6 Å². The van der Waals surface area contributed by atoms with Crippen LogP contribution in [0.4, 0.5) is 13.2 Å². The Morgan fingerprint density at radius 2 is 2.12 bits per heavy atom. The van der Waals surface area contributed by atoms with Crippen LogP contribution in [-0.4, -0.2) is 19.3 Å². The van der Waals surface area contributed by atoms with Gasteiger partial charge in [-0.3, -0.25) is 0 Å². The molecule has 100 valence electrons. The molecule has 1 atom stereocenters. The Labute approximate surface area is 101 Å². The molecule has 1 aliphatic carbocycles. The summed E-state index contributed by atoms with van der Waals surface area (Å²) in [5, 5.41) is 3.13. The Morgan fingerprint density at radius 3 is 2.65 bits per heavy atom. The molecule has 0 saturated carbocycles. The highest BCUT2D eigenvalue weighted by molar-refractivity contribution is 5.06. The highest BCUT2D eigenvalue weighted by Crippen LogP contribution is 2.25. The van der Waals surface area contributed by atoms with Gasteiger partial charge in [-0.05, 0) is 52.0 Å². The zero-order valence-corrected chi connectivity index (χ0v) is 10.4. The molecule has 0 aromatic heterocycles. The first-order chi connectivity index (χ1) is 8.01. The second-order valence-corrected chi connectivity index (χ2v) is 4.81. The minimum atomic E-state index is -4.01. The molecule has 0 heterocycles. The summed E-state index contributed by atoms with van der Waals surface area (Å²) < 4.78 is 36.1. The van der Waals surface area contributed by atoms with Crippen molar-refractivity contribution in [1.29, 1.82) is 0 Å². The molecule has 0 amide bonds. The molecule has 4 heteroatoms. The normalized spacial score (nSPS) is 18.9. The molecule has 1 rings (SSSR count). The van der Waals surface area contributed by atoms with Gasteiger partial charge in [0.25, 0.3) is 0 Å². The van der Waals surface area contributed by atoms with Gasteiger partial charge in [0.15, 0.2) is 0 Å². The molecule has 1 aliphatic rings. The van der Waals surface area contributed by atoms with E-state index in [1.165, 1.54) is 18.4 Å². The summed E-state index contributed by atoms with van der Waals surface area (Å²) >= 11 is 0. The molecule has 0 aromatic rings. The van der Waals surface area contributed by atoms with Crippen LogP contribution in [0, 0.1) is 0 Å². The maximum absolute atomic E-state index is 12.0. The third-order valence-electron chi connectivity index (χ3n) is 3.31. The SMILES string of the molecule is CNC(CCCC(F)(F)F)CC1=CCCCC1. The lowest BCUT2D eigenvalue weighted by Crippen LogP contribution is -2.26. The molecule has 0 radical (unpaired) electrons. The molecule has 0 saturated heterocycles. The van der Waals surface area contributed by atoms with Crippen molar-refractivity contribution in [2.24, 2.45) is 0 Å². The summed E-state index contributed by atoms with van der Waals surface area (Å²) in [5.41, 5.74) is 1.42. The van der Waals surface area contributed by atoms with Crippen LogP contribution in [0.5, 0.6) is 0 Å². The summed E-state index contributed by atoms with van der Waals surface area (Å²) in [6.45, 7) is 0. The van der Waals surface area contributed by atoms with Crippen molar-refractivity contribution < 1.29 is 13.2 Å². The Hall–Kier alpha value is -0.510. The fraction of sp³-hybridized carbons (Fsp3) is 0.846. The monoisotopic (exact) mass is 249 g/mol. The molecule has 0 aromatic carbocycles. The maximum atomic E-state index is 12.0. The summed E-state index contributed by atoms with van der Waals surface area (Å²) in [6, 6.07) is 0.196. The van der Waals surface area contributed by atoms with Gasteiger partial charge in [-0.15, -0.1) is 0 Å². The van der Waals surface area contributed by atoms with Gasteiger partial charge in [-0.1, -0.05) is 11.6 Å². The molecule has 0 aliphatic heterocycles. The highest BCUT2D eigenvalue weighted by atomic mass is 19.4. The lowest BCUT2D eigenvalue weighted by molar-refractivity contribution is -0.135. The number of halogens is 3. The largest absolute Gasteiger partial charge is 0.389 e. The van der Waals surface area contributed by atoms with Crippen LogP contribution in [0.3, 0.4) is 0 Å². The second kappa shape index (κ2) is 7.04. The van der Waals surface area contributed by atoms with E-state index < -0.39 is 12.6 Å². The Morgan fingerprint density at radius 1 is 1.35 bits per heavy atom. The van der Waals surface area contributed by atoms with E-state index in [1.807, 2.05) is 7.05 Å². The molecule has 1 nitrogen and oxygen atoms in total. The molecular formula is C13H22F3N. The molecule has 1 unspecified atom stereocenters. The minimum absolute atomic E-state index is 0.196. The molecule has 1 N–H and O–H groups in total. The number of rotatable bonds is 6.